The van der Waals surface area contributed by atoms with Gasteiger partial charge < -0.3 is 9.84 Å². The zero-order valence-electron chi connectivity index (χ0n) is 12.1. The monoisotopic (exact) mass is 257 g/mol. The van der Waals surface area contributed by atoms with Gasteiger partial charge in [-0.25, -0.2) is 0 Å². The molecule has 0 amide bonds. The number of aliphatic hydroxyl groups excluding tert-OH is 1. The van der Waals surface area contributed by atoms with E-state index >= 15 is 0 Å². The highest BCUT2D eigenvalue weighted by atomic mass is 16.5. The van der Waals surface area contributed by atoms with Crippen LogP contribution in [0.25, 0.3) is 0 Å². The van der Waals surface area contributed by atoms with E-state index in [2.05, 4.69) is 11.8 Å². The second-order valence-corrected chi connectivity index (χ2v) is 5.39. The molecular formula is C15H31NO2. The number of nitrogens with zero attached hydrogens (tertiary/aromatic N) is 1. The maximum absolute atomic E-state index is 10.0. The molecule has 1 aliphatic rings. The van der Waals surface area contributed by atoms with Crippen molar-refractivity contribution in [3.05, 3.63) is 0 Å². The fraction of sp³-hybridized carbons (Fsp3) is 1.00. The van der Waals surface area contributed by atoms with Crippen molar-refractivity contribution in [1.82, 2.24) is 4.90 Å². The summed E-state index contributed by atoms with van der Waals surface area (Å²) in [6.07, 6.45) is 11.3. The van der Waals surface area contributed by atoms with Gasteiger partial charge in [0.2, 0.25) is 0 Å². The molecule has 3 heteroatoms. The SMILES string of the molecule is CCCCCCCCCCC(O)N1CCOCC1. The second kappa shape index (κ2) is 10.8. The fourth-order valence-corrected chi connectivity index (χ4v) is 2.52. The Kier molecular flexibility index (Phi) is 9.54. The van der Waals surface area contributed by atoms with Crippen molar-refractivity contribution in [3.63, 3.8) is 0 Å². The molecule has 0 spiro atoms. The average Bonchev–Trinajstić information content (AvgIpc) is 2.42. The fourth-order valence-electron chi connectivity index (χ4n) is 2.52. The Hall–Kier alpha value is -0.120. The molecule has 1 atom stereocenters. The van der Waals surface area contributed by atoms with Crippen molar-refractivity contribution in [2.24, 2.45) is 0 Å². The van der Waals surface area contributed by atoms with E-state index < -0.39 is 0 Å². The number of ether oxygens (including phenoxy) is 1. The third-order valence-corrected chi connectivity index (χ3v) is 3.78. The average molecular weight is 257 g/mol. The van der Waals surface area contributed by atoms with Crippen LogP contribution in [0.4, 0.5) is 0 Å². The number of unbranched alkanes of at least 4 members (excludes halogenated alkanes) is 7. The molecule has 1 N–H and O–H groups in total. The summed E-state index contributed by atoms with van der Waals surface area (Å²) in [6, 6.07) is 0. The molecule has 0 aliphatic carbocycles. The zero-order valence-corrected chi connectivity index (χ0v) is 12.1. The largest absolute Gasteiger partial charge is 0.379 e. The van der Waals surface area contributed by atoms with Crippen LogP contribution < -0.4 is 0 Å². The normalized spacial score (nSPS) is 19.0. The minimum Gasteiger partial charge on any atom is -0.379 e. The standard InChI is InChI=1S/C15H31NO2/c1-2-3-4-5-6-7-8-9-10-15(17)16-11-13-18-14-12-16/h15,17H,2-14H2,1H3. The Morgan fingerprint density at radius 3 is 2.11 bits per heavy atom. The lowest BCUT2D eigenvalue weighted by atomic mass is 10.1. The number of hydrogen-bond acceptors (Lipinski definition) is 3. The van der Waals surface area contributed by atoms with E-state index in [0.717, 1.165) is 39.1 Å². The third kappa shape index (κ3) is 7.34. The Labute approximate surface area is 113 Å². The van der Waals surface area contributed by atoms with Crippen molar-refractivity contribution < 1.29 is 9.84 Å². The number of hydrogen-bond donors (Lipinski definition) is 1. The number of aliphatic hydroxyl groups is 1. The summed E-state index contributed by atoms with van der Waals surface area (Å²) in [6.45, 7) is 5.58. The van der Waals surface area contributed by atoms with Crippen molar-refractivity contribution in [1.29, 1.82) is 0 Å². The van der Waals surface area contributed by atoms with Gasteiger partial charge in [0.15, 0.2) is 0 Å². The maximum Gasteiger partial charge on any atom is 0.107 e. The molecule has 3 nitrogen and oxygen atoms in total. The van der Waals surface area contributed by atoms with E-state index in [1.165, 1.54) is 44.9 Å². The van der Waals surface area contributed by atoms with Crippen LogP contribution in [0.2, 0.25) is 0 Å². The lowest BCUT2D eigenvalue weighted by Crippen LogP contribution is -2.43. The van der Waals surface area contributed by atoms with E-state index in [0.29, 0.717) is 0 Å². The molecule has 18 heavy (non-hydrogen) atoms. The summed E-state index contributed by atoms with van der Waals surface area (Å²) in [5, 5.41) is 10.0. The van der Waals surface area contributed by atoms with Crippen LogP contribution >= 0.6 is 0 Å². The highest BCUT2D eigenvalue weighted by Crippen LogP contribution is 2.12. The van der Waals surface area contributed by atoms with Gasteiger partial charge in [-0.2, -0.15) is 0 Å². The third-order valence-electron chi connectivity index (χ3n) is 3.78. The smallest absolute Gasteiger partial charge is 0.107 e. The Bertz CT molecular complexity index is 181. The van der Waals surface area contributed by atoms with Crippen LogP contribution in [0.15, 0.2) is 0 Å². The maximum atomic E-state index is 10.0. The first-order valence-electron chi connectivity index (χ1n) is 7.84. The van der Waals surface area contributed by atoms with Crippen LogP contribution in [-0.2, 0) is 4.74 Å². The molecule has 1 saturated heterocycles. The van der Waals surface area contributed by atoms with E-state index in [9.17, 15) is 5.11 Å². The van der Waals surface area contributed by atoms with Gasteiger partial charge in [-0.05, 0) is 12.8 Å². The van der Waals surface area contributed by atoms with Crippen LogP contribution in [0.3, 0.4) is 0 Å². The zero-order chi connectivity index (χ0) is 13.1. The molecule has 108 valence electrons. The number of rotatable bonds is 10. The van der Waals surface area contributed by atoms with Crippen LogP contribution in [0, 0.1) is 0 Å². The lowest BCUT2D eigenvalue weighted by Gasteiger charge is -2.31. The molecule has 1 aliphatic heterocycles. The summed E-state index contributed by atoms with van der Waals surface area (Å²) in [7, 11) is 0. The quantitative estimate of drug-likeness (QED) is 0.610. The molecule has 0 aromatic carbocycles. The van der Waals surface area contributed by atoms with E-state index in [4.69, 9.17) is 4.74 Å². The van der Waals surface area contributed by atoms with Crippen LogP contribution in [-0.4, -0.2) is 42.5 Å². The van der Waals surface area contributed by atoms with Crippen molar-refractivity contribution in [2.75, 3.05) is 26.3 Å². The van der Waals surface area contributed by atoms with E-state index in [-0.39, 0.29) is 6.23 Å². The summed E-state index contributed by atoms with van der Waals surface area (Å²) < 4.78 is 5.29. The van der Waals surface area contributed by atoms with E-state index in [1.807, 2.05) is 0 Å². The first-order chi connectivity index (χ1) is 8.84. The molecule has 0 radical (unpaired) electrons. The Morgan fingerprint density at radius 1 is 0.944 bits per heavy atom. The van der Waals surface area contributed by atoms with Gasteiger partial charge in [-0.15, -0.1) is 0 Å². The topological polar surface area (TPSA) is 32.7 Å². The first kappa shape index (κ1) is 15.9. The van der Waals surface area contributed by atoms with Gasteiger partial charge in [-0.1, -0.05) is 51.9 Å². The molecular weight excluding hydrogens is 226 g/mol. The van der Waals surface area contributed by atoms with Gasteiger partial charge in [0, 0.05) is 13.1 Å². The predicted octanol–water partition coefficient (Wildman–Crippen LogP) is 3.17. The van der Waals surface area contributed by atoms with Gasteiger partial charge in [-0.3, -0.25) is 4.90 Å². The Morgan fingerprint density at radius 2 is 1.50 bits per heavy atom. The molecule has 1 heterocycles. The van der Waals surface area contributed by atoms with E-state index in [1.54, 1.807) is 0 Å². The minimum absolute atomic E-state index is 0.242. The molecule has 1 unspecified atom stereocenters. The molecule has 1 rings (SSSR count). The molecule has 0 saturated carbocycles. The van der Waals surface area contributed by atoms with Gasteiger partial charge >= 0.3 is 0 Å². The van der Waals surface area contributed by atoms with Gasteiger partial charge in [0.25, 0.3) is 0 Å². The van der Waals surface area contributed by atoms with Crippen molar-refractivity contribution in [3.8, 4) is 0 Å². The molecule has 0 aromatic rings. The summed E-state index contributed by atoms with van der Waals surface area (Å²) in [4.78, 5) is 2.14. The van der Waals surface area contributed by atoms with Crippen LogP contribution in [0.1, 0.15) is 64.7 Å². The van der Waals surface area contributed by atoms with Crippen molar-refractivity contribution >= 4 is 0 Å². The number of morpholine rings is 1. The van der Waals surface area contributed by atoms with Crippen LogP contribution in [0.5, 0.6) is 0 Å². The summed E-state index contributed by atoms with van der Waals surface area (Å²) >= 11 is 0. The molecule has 0 aromatic heterocycles. The van der Waals surface area contributed by atoms with Gasteiger partial charge in [0.1, 0.15) is 6.23 Å². The lowest BCUT2D eigenvalue weighted by molar-refractivity contribution is -0.0623. The Balaban J connectivity index is 1.87. The second-order valence-electron chi connectivity index (χ2n) is 5.39. The minimum atomic E-state index is -0.242. The predicted molar refractivity (Wildman–Crippen MR) is 75.6 cm³/mol. The highest BCUT2D eigenvalue weighted by molar-refractivity contribution is 4.65. The summed E-state index contributed by atoms with van der Waals surface area (Å²) in [5.74, 6) is 0. The summed E-state index contributed by atoms with van der Waals surface area (Å²) in [5.41, 5.74) is 0. The van der Waals surface area contributed by atoms with Gasteiger partial charge in [0.05, 0.1) is 13.2 Å². The van der Waals surface area contributed by atoms with Crippen molar-refractivity contribution in [2.45, 2.75) is 70.9 Å². The highest BCUT2D eigenvalue weighted by Gasteiger charge is 2.17. The molecule has 0 bridgehead atoms. The first-order valence-corrected chi connectivity index (χ1v) is 7.84. The molecule has 1 fully saturated rings.